The molecule has 0 bridgehead atoms. The number of benzene rings is 2. The van der Waals surface area contributed by atoms with E-state index < -0.39 is 0 Å². The maximum Gasteiger partial charge on any atom is 0.238 e. The molecule has 1 aliphatic carbocycles. The molecule has 0 heterocycles. The SMILES string of the molecule is COc1cc(NC(=O)CN(Cc2ccc(Cl)cc2)C2CC2)cc(OC)c1. The first-order chi connectivity index (χ1) is 12.6. The summed E-state index contributed by atoms with van der Waals surface area (Å²) in [7, 11) is 3.17. The second-order valence-electron chi connectivity index (χ2n) is 6.41. The Morgan fingerprint density at radius 2 is 1.73 bits per heavy atom. The van der Waals surface area contributed by atoms with Crippen LogP contribution in [0.4, 0.5) is 5.69 Å². The average molecular weight is 375 g/mol. The van der Waals surface area contributed by atoms with E-state index >= 15 is 0 Å². The summed E-state index contributed by atoms with van der Waals surface area (Å²) in [6.07, 6.45) is 2.27. The molecule has 0 unspecified atom stereocenters. The molecule has 0 aliphatic heterocycles. The zero-order chi connectivity index (χ0) is 18.5. The summed E-state index contributed by atoms with van der Waals surface area (Å²) in [6, 6.07) is 13.6. The number of halogens is 1. The van der Waals surface area contributed by atoms with Gasteiger partial charge in [0.1, 0.15) is 11.5 Å². The maximum absolute atomic E-state index is 12.5. The summed E-state index contributed by atoms with van der Waals surface area (Å²) in [6.45, 7) is 1.07. The number of nitrogens with one attached hydrogen (secondary N) is 1. The number of anilines is 1. The monoisotopic (exact) mass is 374 g/mol. The number of nitrogens with zero attached hydrogens (tertiary/aromatic N) is 1. The molecule has 0 radical (unpaired) electrons. The van der Waals surface area contributed by atoms with Crippen molar-refractivity contribution in [2.24, 2.45) is 0 Å². The van der Waals surface area contributed by atoms with E-state index in [2.05, 4.69) is 10.2 Å². The van der Waals surface area contributed by atoms with Gasteiger partial charge in [-0.05, 0) is 30.5 Å². The smallest absolute Gasteiger partial charge is 0.238 e. The molecule has 2 aromatic carbocycles. The number of hydrogen-bond acceptors (Lipinski definition) is 4. The zero-order valence-electron chi connectivity index (χ0n) is 15.0. The highest BCUT2D eigenvalue weighted by atomic mass is 35.5. The molecule has 1 saturated carbocycles. The zero-order valence-corrected chi connectivity index (χ0v) is 15.8. The highest BCUT2D eigenvalue weighted by Crippen LogP contribution is 2.29. The van der Waals surface area contributed by atoms with Gasteiger partial charge in [-0.1, -0.05) is 23.7 Å². The predicted molar refractivity (Wildman–Crippen MR) is 103 cm³/mol. The number of carbonyl (C=O) groups is 1. The molecule has 1 fully saturated rings. The van der Waals surface area contributed by atoms with Crippen LogP contribution in [-0.2, 0) is 11.3 Å². The molecule has 3 rings (SSSR count). The number of rotatable bonds is 8. The van der Waals surface area contributed by atoms with Gasteiger partial charge < -0.3 is 14.8 Å². The highest BCUT2D eigenvalue weighted by molar-refractivity contribution is 6.30. The van der Waals surface area contributed by atoms with Gasteiger partial charge in [0.05, 0.1) is 20.8 Å². The van der Waals surface area contributed by atoms with Gasteiger partial charge in [-0.25, -0.2) is 0 Å². The Morgan fingerprint density at radius 1 is 1.12 bits per heavy atom. The first kappa shape index (κ1) is 18.5. The van der Waals surface area contributed by atoms with Crippen LogP contribution in [0.5, 0.6) is 11.5 Å². The van der Waals surface area contributed by atoms with E-state index in [1.54, 1.807) is 32.4 Å². The Morgan fingerprint density at radius 3 is 2.27 bits per heavy atom. The van der Waals surface area contributed by atoms with Gasteiger partial charge in [0, 0.05) is 41.5 Å². The predicted octanol–water partition coefficient (Wildman–Crippen LogP) is 3.96. The van der Waals surface area contributed by atoms with Crippen molar-refractivity contribution < 1.29 is 14.3 Å². The quantitative estimate of drug-likeness (QED) is 0.759. The van der Waals surface area contributed by atoms with E-state index in [0.29, 0.717) is 29.8 Å². The van der Waals surface area contributed by atoms with Gasteiger partial charge >= 0.3 is 0 Å². The van der Waals surface area contributed by atoms with Gasteiger partial charge in [0.15, 0.2) is 0 Å². The minimum absolute atomic E-state index is 0.0545. The van der Waals surface area contributed by atoms with Crippen LogP contribution in [0.3, 0.4) is 0 Å². The van der Waals surface area contributed by atoms with Crippen LogP contribution in [0.1, 0.15) is 18.4 Å². The number of amides is 1. The molecule has 5 nitrogen and oxygen atoms in total. The number of ether oxygens (including phenoxy) is 2. The van der Waals surface area contributed by atoms with Crippen LogP contribution >= 0.6 is 11.6 Å². The van der Waals surface area contributed by atoms with Crippen LogP contribution < -0.4 is 14.8 Å². The third kappa shape index (κ3) is 5.13. The highest BCUT2D eigenvalue weighted by Gasteiger charge is 2.30. The van der Waals surface area contributed by atoms with E-state index in [9.17, 15) is 4.79 Å². The van der Waals surface area contributed by atoms with Crippen molar-refractivity contribution in [1.82, 2.24) is 4.90 Å². The molecule has 1 amide bonds. The van der Waals surface area contributed by atoms with Crippen molar-refractivity contribution in [3.63, 3.8) is 0 Å². The summed E-state index contributed by atoms with van der Waals surface area (Å²) in [5, 5.41) is 3.66. The standard InChI is InChI=1S/C20H23ClN2O3/c1-25-18-9-16(10-19(11-18)26-2)22-20(24)13-23(17-7-8-17)12-14-3-5-15(21)6-4-14/h3-6,9-11,17H,7-8,12-13H2,1-2H3,(H,22,24). The Balaban J connectivity index is 1.64. The van der Waals surface area contributed by atoms with Gasteiger partial charge in [-0.15, -0.1) is 0 Å². The van der Waals surface area contributed by atoms with Gasteiger partial charge in [0.25, 0.3) is 0 Å². The second-order valence-corrected chi connectivity index (χ2v) is 6.85. The van der Waals surface area contributed by atoms with Gasteiger partial charge in [-0.2, -0.15) is 0 Å². The maximum atomic E-state index is 12.5. The molecule has 138 valence electrons. The lowest BCUT2D eigenvalue weighted by molar-refractivity contribution is -0.117. The first-order valence-electron chi connectivity index (χ1n) is 8.59. The minimum atomic E-state index is -0.0545. The minimum Gasteiger partial charge on any atom is -0.497 e. The van der Waals surface area contributed by atoms with E-state index in [1.165, 1.54) is 0 Å². The topological polar surface area (TPSA) is 50.8 Å². The summed E-state index contributed by atoms with van der Waals surface area (Å²) < 4.78 is 10.5. The molecule has 1 aliphatic rings. The average Bonchev–Trinajstić information content (AvgIpc) is 3.47. The summed E-state index contributed by atoms with van der Waals surface area (Å²) in [4.78, 5) is 14.7. The fourth-order valence-corrected chi connectivity index (χ4v) is 2.97. The number of carbonyl (C=O) groups excluding carboxylic acids is 1. The third-order valence-electron chi connectivity index (χ3n) is 4.34. The summed E-state index contributed by atoms with van der Waals surface area (Å²) >= 11 is 5.95. The Kier molecular flexibility index (Phi) is 6.01. The molecular formula is C20H23ClN2O3. The molecule has 26 heavy (non-hydrogen) atoms. The Bertz CT molecular complexity index is 738. The fraction of sp³-hybridized carbons (Fsp3) is 0.350. The Labute approximate surface area is 158 Å². The van der Waals surface area contributed by atoms with Crippen molar-refractivity contribution >= 4 is 23.2 Å². The van der Waals surface area contributed by atoms with E-state index in [0.717, 1.165) is 30.0 Å². The second kappa shape index (κ2) is 8.43. The van der Waals surface area contributed by atoms with Crippen molar-refractivity contribution in [2.45, 2.75) is 25.4 Å². The normalized spacial score (nSPS) is 13.5. The molecule has 0 spiro atoms. The van der Waals surface area contributed by atoms with Crippen LogP contribution in [0.25, 0.3) is 0 Å². The lowest BCUT2D eigenvalue weighted by atomic mass is 10.2. The molecule has 6 heteroatoms. The van der Waals surface area contributed by atoms with Gasteiger partial charge in [-0.3, -0.25) is 9.69 Å². The Hall–Kier alpha value is -2.24. The molecule has 0 atom stereocenters. The van der Waals surface area contributed by atoms with Gasteiger partial charge in [0.2, 0.25) is 5.91 Å². The van der Waals surface area contributed by atoms with Crippen molar-refractivity contribution in [1.29, 1.82) is 0 Å². The van der Waals surface area contributed by atoms with Crippen LogP contribution in [0, 0.1) is 0 Å². The number of methoxy groups -OCH3 is 2. The summed E-state index contributed by atoms with van der Waals surface area (Å²) in [5.74, 6) is 1.22. The molecular weight excluding hydrogens is 352 g/mol. The van der Waals surface area contributed by atoms with Crippen molar-refractivity contribution in [2.75, 3.05) is 26.1 Å². The first-order valence-corrected chi connectivity index (χ1v) is 8.96. The van der Waals surface area contributed by atoms with E-state index in [1.807, 2.05) is 24.3 Å². The largest absolute Gasteiger partial charge is 0.497 e. The molecule has 1 N–H and O–H groups in total. The van der Waals surface area contributed by atoms with Crippen LogP contribution in [-0.4, -0.2) is 37.6 Å². The lowest BCUT2D eigenvalue weighted by Gasteiger charge is -2.21. The lowest BCUT2D eigenvalue weighted by Crippen LogP contribution is -2.34. The summed E-state index contributed by atoms with van der Waals surface area (Å²) in [5.41, 5.74) is 1.81. The molecule has 2 aromatic rings. The van der Waals surface area contributed by atoms with E-state index in [4.69, 9.17) is 21.1 Å². The molecule has 0 saturated heterocycles. The third-order valence-corrected chi connectivity index (χ3v) is 4.60. The van der Waals surface area contributed by atoms with Crippen molar-refractivity contribution in [3.05, 3.63) is 53.1 Å². The fourth-order valence-electron chi connectivity index (χ4n) is 2.84. The van der Waals surface area contributed by atoms with Crippen LogP contribution in [0.2, 0.25) is 5.02 Å². The molecule has 0 aromatic heterocycles. The van der Waals surface area contributed by atoms with Crippen LogP contribution in [0.15, 0.2) is 42.5 Å². The van der Waals surface area contributed by atoms with Crippen molar-refractivity contribution in [3.8, 4) is 11.5 Å². The number of hydrogen-bond donors (Lipinski definition) is 1. The van der Waals surface area contributed by atoms with E-state index in [-0.39, 0.29) is 5.91 Å².